The summed E-state index contributed by atoms with van der Waals surface area (Å²) in [5, 5.41) is 17.4. The molecular weight excluding hydrogens is 186 g/mol. The minimum absolute atomic E-state index is 0.580. The van der Waals surface area contributed by atoms with Crippen LogP contribution in [0.5, 0.6) is 0 Å². The number of hydrogen-bond donors (Lipinski definition) is 2. The molecule has 1 atom stereocenters. The van der Waals surface area contributed by atoms with Crippen molar-refractivity contribution in [2.75, 3.05) is 6.61 Å². The molecule has 0 aliphatic carbocycles. The molecule has 0 fully saturated rings. The van der Waals surface area contributed by atoms with E-state index in [2.05, 4.69) is 0 Å². The van der Waals surface area contributed by atoms with Crippen molar-refractivity contribution in [3.05, 3.63) is 0 Å². The standard InChI is InChI=1S/C4H7Cl3O2/c1-3(9,2-8)4(5,6)7/h8-9H,2H2,1H3. The van der Waals surface area contributed by atoms with Gasteiger partial charge in [-0.1, -0.05) is 34.8 Å². The molecule has 0 bridgehead atoms. The van der Waals surface area contributed by atoms with Crippen molar-refractivity contribution in [2.45, 2.75) is 16.3 Å². The van der Waals surface area contributed by atoms with Crippen LogP contribution in [-0.4, -0.2) is 26.2 Å². The van der Waals surface area contributed by atoms with E-state index < -0.39 is 16.0 Å². The fourth-order valence-corrected chi connectivity index (χ4v) is 0.269. The van der Waals surface area contributed by atoms with E-state index in [0.29, 0.717) is 0 Å². The Morgan fingerprint density at radius 1 is 1.33 bits per heavy atom. The third-order valence-electron chi connectivity index (χ3n) is 0.919. The predicted octanol–water partition coefficient (Wildman–Crippen LogP) is 1.10. The summed E-state index contributed by atoms with van der Waals surface area (Å²) in [7, 11) is 0. The zero-order valence-corrected chi connectivity index (χ0v) is 7.00. The van der Waals surface area contributed by atoms with E-state index in [-0.39, 0.29) is 0 Å². The van der Waals surface area contributed by atoms with Gasteiger partial charge in [-0.2, -0.15) is 0 Å². The van der Waals surface area contributed by atoms with Crippen LogP contribution >= 0.6 is 34.8 Å². The highest BCUT2D eigenvalue weighted by Gasteiger charge is 2.42. The number of aliphatic hydroxyl groups excluding tert-OH is 1. The van der Waals surface area contributed by atoms with Gasteiger partial charge < -0.3 is 10.2 Å². The Hall–Kier alpha value is 0.790. The Kier molecular flexibility index (Phi) is 3.05. The van der Waals surface area contributed by atoms with Crippen LogP contribution in [0.4, 0.5) is 0 Å². The summed E-state index contributed by atoms with van der Waals surface area (Å²) in [5.74, 6) is 0. The average molecular weight is 193 g/mol. The number of hydrogen-bond acceptors (Lipinski definition) is 2. The van der Waals surface area contributed by atoms with Gasteiger partial charge in [-0.25, -0.2) is 0 Å². The van der Waals surface area contributed by atoms with Crippen LogP contribution in [0.2, 0.25) is 0 Å². The molecular formula is C4H7Cl3O2. The molecule has 0 spiro atoms. The number of halogens is 3. The van der Waals surface area contributed by atoms with Gasteiger partial charge in [0.15, 0.2) is 0 Å². The Morgan fingerprint density at radius 2 is 1.67 bits per heavy atom. The quantitative estimate of drug-likeness (QED) is 0.612. The molecule has 5 heteroatoms. The fourth-order valence-electron chi connectivity index (χ4n) is 0.0896. The molecule has 0 aliphatic rings. The lowest BCUT2D eigenvalue weighted by atomic mass is 10.1. The third-order valence-corrected chi connectivity index (χ3v) is 2.14. The fraction of sp³-hybridized carbons (Fsp3) is 1.00. The van der Waals surface area contributed by atoms with E-state index in [0.717, 1.165) is 0 Å². The first-order valence-corrected chi connectivity index (χ1v) is 3.34. The third kappa shape index (κ3) is 2.48. The highest BCUT2D eigenvalue weighted by Crippen LogP contribution is 2.37. The molecule has 0 aromatic carbocycles. The molecule has 0 aromatic rings. The molecule has 56 valence electrons. The molecule has 0 heterocycles. The first-order valence-electron chi connectivity index (χ1n) is 2.21. The summed E-state index contributed by atoms with van der Waals surface area (Å²) >= 11 is 15.7. The first kappa shape index (κ1) is 9.79. The highest BCUT2D eigenvalue weighted by molar-refractivity contribution is 6.68. The van der Waals surface area contributed by atoms with Crippen molar-refractivity contribution in [3.63, 3.8) is 0 Å². The molecule has 2 N–H and O–H groups in total. The van der Waals surface area contributed by atoms with E-state index in [9.17, 15) is 0 Å². The monoisotopic (exact) mass is 192 g/mol. The number of rotatable bonds is 1. The topological polar surface area (TPSA) is 40.5 Å². The van der Waals surface area contributed by atoms with E-state index in [1.165, 1.54) is 6.92 Å². The summed E-state index contributed by atoms with van der Waals surface area (Å²) in [6, 6.07) is 0. The van der Waals surface area contributed by atoms with Gasteiger partial charge in [0.05, 0.1) is 6.61 Å². The summed E-state index contributed by atoms with van der Waals surface area (Å²) in [6.07, 6.45) is 0. The maximum atomic E-state index is 9.01. The number of alkyl halides is 3. The van der Waals surface area contributed by atoms with Crippen LogP contribution in [-0.2, 0) is 0 Å². The smallest absolute Gasteiger partial charge is 0.220 e. The van der Waals surface area contributed by atoms with Gasteiger partial charge in [-0.15, -0.1) is 0 Å². The minimum atomic E-state index is -1.83. The maximum Gasteiger partial charge on any atom is 0.220 e. The van der Waals surface area contributed by atoms with E-state index in [1.807, 2.05) is 0 Å². The van der Waals surface area contributed by atoms with Crippen molar-refractivity contribution >= 4 is 34.8 Å². The summed E-state index contributed by atoms with van der Waals surface area (Å²) in [4.78, 5) is 0. The van der Waals surface area contributed by atoms with Gasteiger partial charge in [-0.3, -0.25) is 0 Å². The highest BCUT2D eigenvalue weighted by atomic mass is 35.6. The summed E-state index contributed by atoms with van der Waals surface area (Å²) in [6.45, 7) is 0.656. The SMILES string of the molecule is CC(O)(CO)C(Cl)(Cl)Cl. The van der Waals surface area contributed by atoms with Crippen molar-refractivity contribution in [3.8, 4) is 0 Å². The van der Waals surface area contributed by atoms with Gasteiger partial charge in [0.2, 0.25) is 3.79 Å². The molecule has 0 saturated carbocycles. The Bertz CT molecular complexity index is 96.5. The second-order valence-electron chi connectivity index (χ2n) is 1.93. The molecule has 0 saturated heterocycles. The van der Waals surface area contributed by atoms with Gasteiger partial charge in [0.25, 0.3) is 0 Å². The Labute approximate surface area is 68.3 Å². The molecule has 0 radical (unpaired) electrons. The zero-order valence-electron chi connectivity index (χ0n) is 4.74. The van der Waals surface area contributed by atoms with Gasteiger partial charge in [-0.05, 0) is 6.92 Å². The lowest BCUT2D eigenvalue weighted by molar-refractivity contribution is 0.00519. The predicted molar refractivity (Wildman–Crippen MR) is 38.0 cm³/mol. The molecule has 1 unspecified atom stereocenters. The van der Waals surface area contributed by atoms with E-state index in [1.54, 1.807) is 0 Å². The Balaban J connectivity index is 4.14. The second-order valence-corrected chi connectivity index (χ2v) is 4.21. The molecule has 9 heavy (non-hydrogen) atoms. The molecule has 0 rings (SSSR count). The lowest BCUT2D eigenvalue weighted by Gasteiger charge is -2.27. The number of aliphatic hydroxyl groups is 2. The van der Waals surface area contributed by atoms with Gasteiger partial charge >= 0.3 is 0 Å². The van der Waals surface area contributed by atoms with Crippen LogP contribution in [0.3, 0.4) is 0 Å². The van der Waals surface area contributed by atoms with Crippen molar-refractivity contribution < 1.29 is 10.2 Å². The minimum Gasteiger partial charge on any atom is -0.393 e. The average Bonchev–Trinajstić information content (AvgIpc) is 1.64. The zero-order chi connectivity index (χ0) is 7.71. The van der Waals surface area contributed by atoms with Gasteiger partial charge in [0.1, 0.15) is 5.60 Å². The maximum absolute atomic E-state index is 9.01. The van der Waals surface area contributed by atoms with E-state index in [4.69, 9.17) is 45.0 Å². The van der Waals surface area contributed by atoms with E-state index >= 15 is 0 Å². The molecule has 0 aliphatic heterocycles. The molecule has 0 aromatic heterocycles. The van der Waals surface area contributed by atoms with Crippen molar-refractivity contribution in [1.82, 2.24) is 0 Å². The molecule has 0 amide bonds. The van der Waals surface area contributed by atoms with Crippen molar-refractivity contribution in [1.29, 1.82) is 0 Å². The van der Waals surface area contributed by atoms with Crippen LogP contribution in [0.25, 0.3) is 0 Å². The van der Waals surface area contributed by atoms with Crippen LogP contribution in [0.1, 0.15) is 6.92 Å². The van der Waals surface area contributed by atoms with Crippen LogP contribution in [0.15, 0.2) is 0 Å². The van der Waals surface area contributed by atoms with Gasteiger partial charge in [0, 0.05) is 0 Å². The van der Waals surface area contributed by atoms with Crippen LogP contribution < -0.4 is 0 Å². The first-order chi connectivity index (χ1) is 3.81. The largest absolute Gasteiger partial charge is 0.393 e. The summed E-state index contributed by atoms with van der Waals surface area (Å²) in [5.41, 5.74) is -1.67. The Morgan fingerprint density at radius 3 is 1.67 bits per heavy atom. The summed E-state index contributed by atoms with van der Waals surface area (Å²) < 4.78 is -1.83. The van der Waals surface area contributed by atoms with Crippen LogP contribution in [0, 0.1) is 0 Å². The molecule has 2 nitrogen and oxygen atoms in total. The normalized spacial score (nSPS) is 19.3. The lowest BCUT2D eigenvalue weighted by Crippen LogP contribution is -2.43. The second kappa shape index (κ2) is 2.81. The van der Waals surface area contributed by atoms with Crippen molar-refractivity contribution in [2.24, 2.45) is 0 Å².